The summed E-state index contributed by atoms with van der Waals surface area (Å²) >= 11 is 0. The maximum absolute atomic E-state index is 11.7. The summed E-state index contributed by atoms with van der Waals surface area (Å²) in [6.45, 7) is 3.73. The molecule has 19 heavy (non-hydrogen) atoms. The molecule has 1 aliphatic carbocycles. The number of rotatable bonds is 7. The zero-order valence-corrected chi connectivity index (χ0v) is 11.6. The van der Waals surface area contributed by atoms with Crippen LogP contribution in [0.3, 0.4) is 0 Å². The Morgan fingerprint density at radius 1 is 1.42 bits per heavy atom. The van der Waals surface area contributed by atoms with Crippen molar-refractivity contribution in [3.8, 4) is 0 Å². The lowest BCUT2D eigenvalue weighted by atomic mass is 10.2. The van der Waals surface area contributed by atoms with E-state index in [0.29, 0.717) is 5.92 Å². The minimum absolute atomic E-state index is 0.143. The predicted molar refractivity (Wildman–Crippen MR) is 77.3 cm³/mol. The second-order valence-corrected chi connectivity index (χ2v) is 5.29. The molecule has 1 aromatic carbocycles. The van der Waals surface area contributed by atoms with Gasteiger partial charge in [-0.05, 0) is 37.0 Å². The number of hydrogen-bond acceptors (Lipinski definition) is 3. The van der Waals surface area contributed by atoms with E-state index in [4.69, 9.17) is 4.74 Å². The van der Waals surface area contributed by atoms with Gasteiger partial charge in [0, 0.05) is 30.9 Å². The first-order chi connectivity index (χ1) is 9.19. The summed E-state index contributed by atoms with van der Waals surface area (Å²) in [5.74, 6) is 0.831. The van der Waals surface area contributed by atoms with E-state index in [9.17, 15) is 4.79 Å². The van der Waals surface area contributed by atoms with Crippen LogP contribution in [0.15, 0.2) is 24.3 Å². The summed E-state index contributed by atoms with van der Waals surface area (Å²) in [5, 5.41) is 6.31. The van der Waals surface area contributed by atoms with Crippen LogP contribution in [0.5, 0.6) is 0 Å². The SMILES string of the molecule is COCC(C)CNc1cccc(NC(=O)C2CC2)c1. The molecule has 1 atom stereocenters. The van der Waals surface area contributed by atoms with Crippen molar-refractivity contribution in [1.29, 1.82) is 0 Å². The summed E-state index contributed by atoms with van der Waals surface area (Å²) in [5.41, 5.74) is 1.89. The molecule has 0 radical (unpaired) electrons. The van der Waals surface area contributed by atoms with E-state index in [0.717, 1.165) is 37.4 Å². The van der Waals surface area contributed by atoms with Crippen LogP contribution in [0, 0.1) is 11.8 Å². The second kappa shape index (κ2) is 6.57. The highest BCUT2D eigenvalue weighted by Crippen LogP contribution is 2.30. The zero-order valence-electron chi connectivity index (χ0n) is 11.6. The van der Waals surface area contributed by atoms with Crippen molar-refractivity contribution in [2.24, 2.45) is 11.8 Å². The van der Waals surface area contributed by atoms with Gasteiger partial charge in [-0.1, -0.05) is 13.0 Å². The molecule has 4 heteroatoms. The second-order valence-electron chi connectivity index (χ2n) is 5.29. The Morgan fingerprint density at radius 2 is 2.16 bits per heavy atom. The standard InChI is InChI=1S/C15H22N2O2/c1-11(10-19-2)9-16-13-4-3-5-14(8-13)17-15(18)12-6-7-12/h3-5,8,11-12,16H,6-7,9-10H2,1-2H3,(H,17,18). The minimum Gasteiger partial charge on any atom is -0.385 e. The number of benzene rings is 1. The Labute approximate surface area is 114 Å². The molecule has 1 aromatic rings. The predicted octanol–water partition coefficient (Wildman–Crippen LogP) is 2.73. The minimum atomic E-state index is 0.143. The Morgan fingerprint density at radius 3 is 2.84 bits per heavy atom. The molecule has 0 aliphatic heterocycles. The van der Waals surface area contributed by atoms with E-state index in [1.165, 1.54) is 0 Å². The molecule has 4 nitrogen and oxygen atoms in total. The van der Waals surface area contributed by atoms with Crippen LogP contribution < -0.4 is 10.6 Å². The average molecular weight is 262 g/mol. The van der Waals surface area contributed by atoms with Crippen LogP contribution in [0.1, 0.15) is 19.8 Å². The first-order valence-corrected chi connectivity index (χ1v) is 6.82. The molecule has 1 saturated carbocycles. The van der Waals surface area contributed by atoms with Crippen LogP contribution in [0.4, 0.5) is 11.4 Å². The van der Waals surface area contributed by atoms with Gasteiger partial charge in [0.15, 0.2) is 0 Å². The first kappa shape index (κ1) is 13.9. The molecular weight excluding hydrogens is 240 g/mol. The number of carbonyl (C=O) groups excluding carboxylic acids is 1. The highest BCUT2D eigenvalue weighted by Gasteiger charge is 2.29. The molecule has 1 aliphatic rings. The fourth-order valence-corrected chi connectivity index (χ4v) is 1.93. The van der Waals surface area contributed by atoms with Gasteiger partial charge in [0.1, 0.15) is 0 Å². The third-order valence-corrected chi connectivity index (χ3v) is 3.18. The summed E-state index contributed by atoms with van der Waals surface area (Å²) in [6, 6.07) is 7.85. The molecule has 0 saturated heterocycles. The van der Waals surface area contributed by atoms with E-state index in [2.05, 4.69) is 17.6 Å². The highest BCUT2D eigenvalue weighted by molar-refractivity contribution is 5.94. The van der Waals surface area contributed by atoms with Crippen molar-refractivity contribution in [3.05, 3.63) is 24.3 Å². The van der Waals surface area contributed by atoms with Gasteiger partial charge < -0.3 is 15.4 Å². The van der Waals surface area contributed by atoms with Gasteiger partial charge >= 0.3 is 0 Å². The lowest BCUT2D eigenvalue weighted by molar-refractivity contribution is -0.117. The molecule has 1 fully saturated rings. The fourth-order valence-electron chi connectivity index (χ4n) is 1.93. The molecule has 0 aromatic heterocycles. The summed E-state index contributed by atoms with van der Waals surface area (Å²) < 4.78 is 5.10. The summed E-state index contributed by atoms with van der Waals surface area (Å²) in [4.78, 5) is 11.7. The van der Waals surface area contributed by atoms with Crippen LogP contribution in [-0.2, 0) is 9.53 Å². The smallest absolute Gasteiger partial charge is 0.227 e. The Hall–Kier alpha value is -1.55. The van der Waals surface area contributed by atoms with Crippen molar-refractivity contribution in [2.75, 3.05) is 30.9 Å². The molecule has 0 spiro atoms. The van der Waals surface area contributed by atoms with Crippen molar-refractivity contribution in [1.82, 2.24) is 0 Å². The van der Waals surface area contributed by atoms with E-state index >= 15 is 0 Å². The molecule has 0 bridgehead atoms. The van der Waals surface area contributed by atoms with Gasteiger partial charge in [-0.3, -0.25) is 4.79 Å². The third kappa shape index (κ3) is 4.56. The molecule has 2 rings (SSSR count). The van der Waals surface area contributed by atoms with Crippen LogP contribution >= 0.6 is 0 Å². The normalized spacial score (nSPS) is 15.9. The maximum atomic E-state index is 11.7. The molecule has 2 N–H and O–H groups in total. The number of anilines is 2. The topological polar surface area (TPSA) is 50.4 Å². The van der Waals surface area contributed by atoms with Gasteiger partial charge in [0.2, 0.25) is 5.91 Å². The van der Waals surface area contributed by atoms with E-state index in [1.807, 2.05) is 24.3 Å². The van der Waals surface area contributed by atoms with Crippen molar-refractivity contribution in [3.63, 3.8) is 0 Å². The number of nitrogens with one attached hydrogen (secondary N) is 2. The molecule has 1 unspecified atom stereocenters. The van der Waals surface area contributed by atoms with Crippen molar-refractivity contribution >= 4 is 17.3 Å². The van der Waals surface area contributed by atoms with Crippen LogP contribution in [-0.4, -0.2) is 26.2 Å². The highest BCUT2D eigenvalue weighted by atomic mass is 16.5. The number of ether oxygens (including phenoxy) is 1. The van der Waals surface area contributed by atoms with Gasteiger partial charge in [-0.15, -0.1) is 0 Å². The quantitative estimate of drug-likeness (QED) is 0.794. The first-order valence-electron chi connectivity index (χ1n) is 6.82. The number of carbonyl (C=O) groups is 1. The van der Waals surface area contributed by atoms with Crippen molar-refractivity contribution < 1.29 is 9.53 Å². The molecule has 1 amide bonds. The monoisotopic (exact) mass is 262 g/mol. The number of methoxy groups -OCH3 is 1. The maximum Gasteiger partial charge on any atom is 0.227 e. The van der Waals surface area contributed by atoms with Crippen molar-refractivity contribution in [2.45, 2.75) is 19.8 Å². The van der Waals surface area contributed by atoms with E-state index in [1.54, 1.807) is 7.11 Å². The lowest BCUT2D eigenvalue weighted by Crippen LogP contribution is -2.16. The van der Waals surface area contributed by atoms with E-state index in [-0.39, 0.29) is 11.8 Å². The largest absolute Gasteiger partial charge is 0.385 e. The molecule has 0 heterocycles. The molecule has 104 valence electrons. The lowest BCUT2D eigenvalue weighted by Gasteiger charge is -2.13. The number of amides is 1. The average Bonchev–Trinajstić information content (AvgIpc) is 3.21. The zero-order chi connectivity index (χ0) is 13.7. The molecular formula is C15H22N2O2. The Bertz CT molecular complexity index is 430. The Balaban J connectivity index is 1.85. The van der Waals surface area contributed by atoms with E-state index < -0.39 is 0 Å². The fraction of sp³-hybridized carbons (Fsp3) is 0.533. The van der Waals surface area contributed by atoms with Gasteiger partial charge in [0.25, 0.3) is 0 Å². The van der Waals surface area contributed by atoms with Gasteiger partial charge in [-0.25, -0.2) is 0 Å². The third-order valence-electron chi connectivity index (χ3n) is 3.18. The Kier molecular flexibility index (Phi) is 4.80. The summed E-state index contributed by atoms with van der Waals surface area (Å²) in [6.07, 6.45) is 2.05. The van der Waals surface area contributed by atoms with Gasteiger partial charge in [0.05, 0.1) is 6.61 Å². The van der Waals surface area contributed by atoms with Crippen LogP contribution in [0.25, 0.3) is 0 Å². The van der Waals surface area contributed by atoms with Crippen LogP contribution in [0.2, 0.25) is 0 Å². The summed E-state index contributed by atoms with van der Waals surface area (Å²) in [7, 11) is 1.71. The number of hydrogen-bond donors (Lipinski definition) is 2. The van der Waals surface area contributed by atoms with Gasteiger partial charge in [-0.2, -0.15) is 0 Å².